The van der Waals surface area contributed by atoms with E-state index in [-0.39, 0.29) is 11.9 Å². The summed E-state index contributed by atoms with van der Waals surface area (Å²) in [6.07, 6.45) is 0.430. The molecule has 0 saturated carbocycles. The van der Waals surface area contributed by atoms with Crippen LogP contribution in [0.1, 0.15) is 25.0 Å². The molecule has 0 radical (unpaired) electrons. The molecule has 2 unspecified atom stereocenters. The van der Waals surface area contributed by atoms with Gasteiger partial charge in [-0.2, -0.15) is 0 Å². The highest BCUT2D eigenvalue weighted by molar-refractivity contribution is 6.18. The van der Waals surface area contributed by atoms with Crippen LogP contribution >= 0.6 is 11.6 Å². The Morgan fingerprint density at radius 1 is 1.29 bits per heavy atom. The molecule has 3 heteroatoms. The molecule has 0 bridgehead atoms. The van der Waals surface area contributed by atoms with E-state index in [4.69, 9.17) is 11.6 Å². The molecule has 2 nitrogen and oxygen atoms in total. The molecule has 1 aromatic rings. The highest BCUT2D eigenvalue weighted by Crippen LogP contribution is 2.07. The van der Waals surface area contributed by atoms with E-state index in [1.165, 1.54) is 5.56 Å². The summed E-state index contributed by atoms with van der Waals surface area (Å²) in [6, 6.07) is 8.14. The molecular weight excluding hydrogens is 234 g/mol. The number of rotatable bonds is 5. The molecule has 17 heavy (non-hydrogen) atoms. The zero-order valence-electron chi connectivity index (χ0n) is 10.7. The van der Waals surface area contributed by atoms with Gasteiger partial charge in [0.05, 0.1) is 6.42 Å². The first-order valence-corrected chi connectivity index (χ1v) is 6.47. The largest absolute Gasteiger partial charge is 0.353 e. The Balaban J connectivity index is 2.47. The first-order valence-electron chi connectivity index (χ1n) is 5.93. The molecule has 1 amide bonds. The van der Waals surface area contributed by atoms with Crippen LogP contribution in [0.2, 0.25) is 0 Å². The minimum atomic E-state index is 0.0540. The van der Waals surface area contributed by atoms with E-state index in [0.29, 0.717) is 18.2 Å². The van der Waals surface area contributed by atoms with Gasteiger partial charge in [0.2, 0.25) is 5.91 Å². The molecule has 0 aliphatic rings. The third-order valence-electron chi connectivity index (χ3n) is 2.97. The lowest BCUT2D eigenvalue weighted by molar-refractivity contribution is -0.121. The van der Waals surface area contributed by atoms with Crippen LogP contribution in [0.15, 0.2) is 24.3 Å². The minimum absolute atomic E-state index is 0.0540. The van der Waals surface area contributed by atoms with E-state index in [1.807, 2.05) is 45.0 Å². The van der Waals surface area contributed by atoms with Crippen LogP contribution < -0.4 is 5.32 Å². The normalized spacial score (nSPS) is 14.1. The molecule has 94 valence electrons. The van der Waals surface area contributed by atoms with Gasteiger partial charge >= 0.3 is 0 Å². The van der Waals surface area contributed by atoms with Crippen LogP contribution in [0.3, 0.4) is 0 Å². The van der Waals surface area contributed by atoms with Crippen molar-refractivity contribution >= 4 is 17.5 Å². The van der Waals surface area contributed by atoms with Crippen molar-refractivity contribution in [3.8, 4) is 0 Å². The predicted octanol–water partition coefficient (Wildman–Crippen LogP) is 2.92. The Morgan fingerprint density at radius 2 is 1.88 bits per heavy atom. The Labute approximate surface area is 108 Å². The van der Waals surface area contributed by atoms with Crippen molar-refractivity contribution in [3.63, 3.8) is 0 Å². The number of carbonyl (C=O) groups is 1. The monoisotopic (exact) mass is 253 g/mol. The van der Waals surface area contributed by atoms with Gasteiger partial charge in [0, 0.05) is 11.9 Å². The number of hydrogen-bond donors (Lipinski definition) is 1. The van der Waals surface area contributed by atoms with Crippen molar-refractivity contribution in [2.24, 2.45) is 5.92 Å². The van der Waals surface area contributed by atoms with E-state index < -0.39 is 0 Å². The summed E-state index contributed by atoms with van der Waals surface area (Å²) in [5.74, 6) is 0.906. The van der Waals surface area contributed by atoms with Gasteiger partial charge in [0.15, 0.2) is 0 Å². The Morgan fingerprint density at radius 3 is 2.41 bits per heavy atom. The van der Waals surface area contributed by atoms with Crippen molar-refractivity contribution in [1.29, 1.82) is 0 Å². The number of carbonyl (C=O) groups excluding carboxylic acids is 1. The molecule has 0 saturated heterocycles. The molecule has 0 aliphatic heterocycles. The number of halogens is 1. The zero-order chi connectivity index (χ0) is 12.8. The standard InChI is InChI=1S/C14H20ClNO/c1-10-4-6-13(7-5-10)8-14(17)16-12(3)11(2)9-15/h4-7,11-12H,8-9H2,1-3H3,(H,16,17). The SMILES string of the molecule is Cc1ccc(CC(=O)NC(C)C(C)CCl)cc1. The van der Waals surface area contributed by atoms with Gasteiger partial charge in [-0.05, 0) is 25.3 Å². The topological polar surface area (TPSA) is 29.1 Å². The van der Waals surface area contributed by atoms with Gasteiger partial charge < -0.3 is 5.32 Å². The van der Waals surface area contributed by atoms with E-state index in [0.717, 1.165) is 5.56 Å². The van der Waals surface area contributed by atoms with Gasteiger partial charge in [-0.25, -0.2) is 0 Å². The first-order chi connectivity index (χ1) is 8.02. The van der Waals surface area contributed by atoms with Gasteiger partial charge in [-0.15, -0.1) is 11.6 Å². The highest BCUT2D eigenvalue weighted by Gasteiger charge is 2.13. The van der Waals surface area contributed by atoms with Crippen molar-refractivity contribution in [2.75, 3.05) is 5.88 Å². The summed E-state index contributed by atoms with van der Waals surface area (Å²) in [7, 11) is 0. The molecule has 1 aromatic carbocycles. The average molecular weight is 254 g/mol. The number of hydrogen-bond acceptors (Lipinski definition) is 1. The first kappa shape index (κ1) is 14.0. The molecule has 0 aliphatic carbocycles. The zero-order valence-corrected chi connectivity index (χ0v) is 11.4. The van der Waals surface area contributed by atoms with Crippen molar-refractivity contribution in [3.05, 3.63) is 35.4 Å². The molecule has 2 atom stereocenters. The number of amides is 1. The average Bonchev–Trinajstić information content (AvgIpc) is 2.30. The van der Waals surface area contributed by atoms with Crippen LogP contribution in [-0.2, 0) is 11.2 Å². The third kappa shape index (κ3) is 4.78. The second-order valence-corrected chi connectivity index (χ2v) is 4.96. The smallest absolute Gasteiger partial charge is 0.224 e. The maximum absolute atomic E-state index is 11.8. The maximum atomic E-state index is 11.8. The number of alkyl halides is 1. The lowest BCUT2D eigenvalue weighted by Gasteiger charge is -2.19. The van der Waals surface area contributed by atoms with Gasteiger partial charge in [0.1, 0.15) is 0 Å². The minimum Gasteiger partial charge on any atom is -0.353 e. The van der Waals surface area contributed by atoms with Crippen LogP contribution in [-0.4, -0.2) is 17.8 Å². The van der Waals surface area contributed by atoms with Gasteiger partial charge in [-0.3, -0.25) is 4.79 Å². The predicted molar refractivity (Wildman–Crippen MR) is 72.4 cm³/mol. The van der Waals surface area contributed by atoms with Crippen molar-refractivity contribution < 1.29 is 4.79 Å². The molecule has 0 fully saturated rings. The highest BCUT2D eigenvalue weighted by atomic mass is 35.5. The number of benzene rings is 1. The number of nitrogens with one attached hydrogen (secondary N) is 1. The molecular formula is C14H20ClNO. The number of aryl methyl sites for hydroxylation is 1. The molecule has 0 aromatic heterocycles. The molecule has 0 heterocycles. The van der Waals surface area contributed by atoms with Gasteiger partial charge in [-0.1, -0.05) is 36.8 Å². The fourth-order valence-corrected chi connectivity index (χ4v) is 1.74. The van der Waals surface area contributed by atoms with Crippen LogP contribution in [0, 0.1) is 12.8 Å². The summed E-state index contributed by atoms with van der Waals surface area (Å²) in [6.45, 7) is 6.05. The van der Waals surface area contributed by atoms with Crippen LogP contribution in [0.5, 0.6) is 0 Å². The fraction of sp³-hybridized carbons (Fsp3) is 0.500. The molecule has 1 N–H and O–H groups in total. The summed E-state index contributed by atoms with van der Waals surface area (Å²) >= 11 is 5.76. The van der Waals surface area contributed by atoms with Crippen molar-refractivity contribution in [1.82, 2.24) is 5.32 Å². The Kier molecular flexibility index (Phi) is 5.49. The Hall–Kier alpha value is -1.02. The second kappa shape index (κ2) is 6.65. The summed E-state index contributed by atoms with van der Waals surface area (Å²) in [4.78, 5) is 11.8. The molecule has 1 rings (SSSR count). The fourth-order valence-electron chi connectivity index (χ4n) is 1.47. The second-order valence-electron chi connectivity index (χ2n) is 4.65. The molecule has 0 spiro atoms. The third-order valence-corrected chi connectivity index (χ3v) is 3.46. The summed E-state index contributed by atoms with van der Waals surface area (Å²) in [5.41, 5.74) is 2.25. The van der Waals surface area contributed by atoms with Crippen molar-refractivity contribution in [2.45, 2.75) is 33.2 Å². The van der Waals surface area contributed by atoms with E-state index in [2.05, 4.69) is 5.32 Å². The van der Waals surface area contributed by atoms with Crippen LogP contribution in [0.4, 0.5) is 0 Å². The quantitative estimate of drug-likeness (QED) is 0.804. The summed E-state index contributed by atoms with van der Waals surface area (Å²) < 4.78 is 0. The van der Waals surface area contributed by atoms with E-state index in [9.17, 15) is 4.79 Å². The summed E-state index contributed by atoms with van der Waals surface area (Å²) in [5, 5.41) is 2.97. The lowest BCUT2D eigenvalue weighted by atomic mass is 10.1. The van der Waals surface area contributed by atoms with E-state index in [1.54, 1.807) is 0 Å². The Bertz CT molecular complexity index is 361. The van der Waals surface area contributed by atoms with E-state index >= 15 is 0 Å². The lowest BCUT2D eigenvalue weighted by Crippen LogP contribution is -2.38. The maximum Gasteiger partial charge on any atom is 0.224 e. The van der Waals surface area contributed by atoms with Crippen LogP contribution in [0.25, 0.3) is 0 Å². The van der Waals surface area contributed by atoms with Gasteiger partial charge in [0.25, 0.3) is 0 Å².